The molecule has 0 bridgehead atoms. The molecular formula is C20H37N9O7. The van der Waals surface area contributed by atoms with E-state index in [9.17, 15) is 33.9 Å². The van der Waals surface area contributed by atoms with Gasteiger partial charge in [-0.1, -0.05) is 13.8 Å². The monoisotopic (exact) mass is 515 g/mol. The SMILES string of the molecule is CC(C)C(NC(=O)C(CCC(N)=O)NC(=O)C(N)CCCN=C(N)N)C(=O)NC(CC(N)=O)C(=O)O. The molecule has 0 radical (unpaired) electrons. The summed E-state index contributed by atoms with van der Waals surface area (Å²) in [4.78, 5) is 75.6. The summed E-state index contributed by atoms with van der Waals surface area (Å²) in [6.07, 6.45) is -0.509. The number of carbonyl (C=O) groups is 6. The Morgan fingerprint density at radius 2 is 1.39 bits per heavy atom. The van der Waals surface area contributed by atoms with E-state index in [-0.39, 0.29) is 31.8 Å². The van der Waals surface area contributed by atoms with E-state index >= 15 is 0 Å². The number of hydrogen-bond donors (Lipinski definition) is 9. The Bertz CT molecular complexity index is 843. The molecule has 16 heteroatoms. The molecule has 5 amide bonds. The van der Waals surface area contributed by atoms with Gasteiger partial charge in [0.05, 0.1) is 12.5 Å². The van der Waals surface area contributed by atoms with Crippen molar-refractivity contribution in [1.29, 1.82) is 0 Å². The zero-order chi connectivity index (χ0) is 28.0. The van der Waals surface area contributed by atoms with Gasteiger partial charge in [0.25, 0.3) is 0 Å². The number of aliphatic carboxylic acids is 1. The average molecular weight is 516 g/mol. The van der Waals surface area contributed by atoms with Crippen LogP contribution < -0.4 is 44.6 Å². The van der Waals surface area contributed by atoms with Crippen molar-refractivity contribution in [2.45, 2.75) is 70.1 Å². The first-order valence-electron chi connectivity index (χ1n) is 11.2. The van der Waals surface area contributed by atoms with Crippen LogP contribution in [0, 0.1) is 5.92 Å². The predicted molar refractivity (Wildman–Crippen MR) is 128 cm³/mol. The van der Waals surface area contributed by atoms with Crippen LogP contribution in [-0.4, -0.2) is 77.3 Å². The molecule has 204 valence electrons. The van der Waals surface area contributed by atoms with Gasteiger partial charge in [-0.3, -0.25) is 29.0 Å². The number of primary amides is 2. The molecule has 0 fully saturated rings. The second-order valence-corrected chi connectivity index (χ2v) is 8.42. The Kier molecular flexibility index (Phi) is 14.1. The minimum absolute atomic E-state index is 0.107. The van der Waals surface area contributed by atoms with E-state index in [0.717, 1.165) is 0 Å². The van der Waals surface area contributed by atoms with Crippen molar-refractivity contribution in [3.05, 3.63) is 0 Å². The molecule has 0 rings (SSSR count). The van der Waals surface area contributed by atoms with Gasteiger partial charge in [0.1, 0.15) is 18.1 Å². The molecule has 0 saturated carbocycles. The lowest BCUT2D eigenvalue weighted by Gasteiger charge is -2.27. The zero-order valence-electron chi connectivity index (χ0n) is 20.4. The number of aliphatic imine (C=N–C) groups is 1. The third-order valence-electron chi connectivity index (χ3n) is 4.88. The van der Waals surface area contributed by atoms with Crippen LogP contribution in [0.15, 0.2) is 4.99 Å². The molecular weight excluding hydrogens is 478 g/mol. The third-order valence-corrected chi connectivity index (χ3v) is 4.88. The van der Waals surface area contributed by atoms with Gasteiger partial charge < -0.3 is 49.7 Å². The van der Waals surface area contributed by atoms with E-state index in [0.29, 0.717) is 6.42 Å². The molecule has 0 aliphatic carbocycles. The van der Waals surface area contributed by atoms with Crippen LogP contribution in [0.5, 0.6) is 0 Å². The van der Waals surface area contributed by atoms with Crippen molar-refractivity contribution in [2.24, 2.45) is 39.6 Å². The fraction of sp³-hybridized carbons (Fsp3) is 0.650. The molecule has 0 aromatic heterocycles. The standard InChI is InChI=1S/C20H37N9O7/c1-9(2)15(18(34)28-12(19(35)36)8-14(23)31)29-17(33)11(5-6-13(22)30)27-16(32)10(21)4-3-7-26-20(24)25/h9-12,15H,3-8,21H2,1-2H3,(H2,22,30)(H2,23,31)(H,27,32)(H,28,34)(H,29,33)(H,35,36)(H4,24,25,26). The Morgan fingerprint density at radius 1 is 0.806 bits per heavy atom. The molecule has 4 atom stereocenters. The maximum Gasteiger partial charge on any atom is 0.326 e. The summed E-state index contributed by atoms with van der Waals surface area (Å²) in [5, 5.41) is 16.2. The lowest BCUT2D eigenvalue weighted by Crippen LogP contribution is -2.58. The van der Waals surface area contributed by atoms with Crippen molar-refractivity contribution in [3.63, 3.8) is 0 Å². The van der Waals surface area contributed by atoms with Crippen LogP contribution in [0.25, 0.3) is 0 Å². The van der Waals surface area contributed by atoms with Gasteiger partial charge in [-0.2, -0.15) is 0 Å². The molecule has 0 aromatic carbocycles. The van der Waals surface area contributed by atoms with Gasteiger partial charge in [-0.15, -0.1) is 0 Å². The largest absolute Gasteiger partial charge is 0.480 e. The Balaban J connectivity index is 5.42. The quantitative estimate of drug-likeness (QED) is 0.0509. The number of carboxylic acid groups (broad SMARTS) is 1. The maximum atomic E-state index is 12.9. The van der Waals surface area contributed by atoms with Crippen LogP contribution in [0.2, 0.25) is 0 Å². The maximum absolute atomic E-state index is 12.9. The average Bonchev–Trinajstić information content (AvgIpc) is 2.75. The van der Waals surface area contributed by atoms with Gasteiger partial charge >= 0.3 is 5.97 Å². The van der Waals surface area contributed by atoms with Gasteiger partial charge in [0, 0.05) is 13.0 Å². The first kappa shape index (κ1) is 32.0. The third kappa shape index (κ3) is 13.1. The van der Waals surface area contributed by atoms with E-state index in [1.165, 1.54) is 0 Å². The molecule has 14 N–H and O–H groups in total. The number of nitrogens with two attached hydrogens (primary N) is 5. The van der Waals surface area contributed by atoms with Crippen LogP contribution in [0.1, 0.15) is 46.0 Å². The minimum atomic E-state index is -1.60. The number of carbonyl (C=O) groups excluding carboxylic acids is 5. The Labute approximate surface area is 208 Å². The van der Waals surface area contributed by atoms with Crippen molar-refractivity contribution in [2.75, 3.05) is 6.54 Å². The summed E-state index contributed by atoms with van der Waals surface area (Å²) in [6.45, 7) is 3.41. The summed E-state index contributed by atoms with van der Waals surface area (Å²) < 4.78 is 0. The van der Waals surface area contributed by atoms with Gasteiger partial charge in [-0.25, -0.2) is 4.79 Å². The lowest BCUT2D eigenvalue weighted by atomic mass is 10.0. The van der Waals surface area contributed by atoms with Crippen molar-refractivity contribution >= 4 is 41.5 Å². The Hall–Kier alpha value is -3.95. The van der Waals surface area contributed by atoms with E-state index in [1.54, 1.807) is 13.8 Å². The summed E-state index contributed by atoms with van der Waals surface area (Å²) >= 11 is 0. The van der Waals surface area contributed by atoms with E-state index in [4.69, 9.17) is 28.7 Å². The summed E-state index contributed by atoms with van der Waals surface area (Å²) in [5.41, 5.74) is 26.5. The molecule has 0 saturated heterocycles. The highest BCUT2D eigenvalue weighted by Gasteiger charge is 2.32. The van der Waals surface area contributed by atoms with E-state index < -0.39 is 72.0 Å². The number of rotatable bonds is 17. The van der Waals surface area contributed by atoms with Gasteiger partial charge in [0.2, 0.25) is 29.5 Å². The Morgan fingerprint density at radius 3 is 1.86 bits per heavy atom. The number of nitrogens with one attached hydrogen (secondary N) is 3. The topological polar surface area (TPSA) is 301 Å². The van der Waals surface area contributed by atoms with E-state index in [1.807, 2.05) is 0 Å². The highest BCUT2D eigenvalue weighted by Crippen LogP contribution is 2.07. The second-order valence-electron chi connectivity index (χ2n) is 8.42. The van der Waals surface area contributed by atoms with Crippen LogP contribution >= 0.6 is 0 Å². The molecule has 0 spiro atoms. The summed E-state index contributed by atoms with van der Waals surface area (Å²) in [5.74, 6) is -6.20. The molecule has 36 heavy (non-hydrogen) atoms. The number of carboxylic acids is 1. The molecule has 0 heterocycles. The van der Waals surface area contributed by atoms with E-state index in [2.05, 4.69) is 20.9 Å². The van der Waals surface area contributed by atoms with Crippen LogP contribution in [0.3, 0.4) is 0 Å². The molecule has 16 nitrogen and oxygen atoms in total. The first-order chi connectivity index (χ1) is 16.6. The number of hydrogen-bond acceptors (Lipinski definition) is 8. The fourth-order valence-corrected chi connectivity index (χ4v) is 2.94. The minimum Gasteiger partial charge on any atom is -0.480 e. The van der Waals surface area contributed by atoms with Crippen LogP contribution in [0.4, 0.5) is 0 Å². The van der Waals surface area contributed by atoms with Crippen molar-refractivity contribution in [1.82, 2.24) is 16.0 Å². The summed E-state index contributed by atoms with van der Waals surface area (Å²) in [6, 6.07) is -5.13. The predicted octanol–water partition coefficient (Wildman–Crippen LogP) is -4.30. The number of guanidine groups is 1. The fourth-order valence-electron chi connectivity index (χ4n) is 2.94. The highest BCUT2D eigenvalue weighted by molar-refractivity contribution is 5.95. The second kappa shape index (κ2) is 15.9. The summed E-state index contributed by atoms with van der Waals surface area (Å²) in [7, 11) is 0. The molecule has 0 aliphatic rings. The molecule has 0 aromatic rings. The zero-order valence-corrected chi connectivity index (χ0v) is 20.4. The molecule has 4 unspecified atom stereocenters. The van der Waals surface area contributed by atoms with Gasteiger partial charge in [-0.05, 0) is 25.2 Å². The normalized spacial score (nSPS) is 14.0. The van der Waals surface area contributed by atoms with Crippen molar-refractivity contribution in [3.8, 4) is 0 Å². The van der Waals surface area contributed by atoms with Gasteiger partial charge in [0.15, 0.2) is 5.96 Å². The lowest BCUT2D eigenvalue weighted by molar-refractivity contribution is -0.144. The number of amides is 5. The first-order valence-corrected chi connectivity index (χ1v) is 11.2. The van der Waals surface area contributed by atoms with Crippen LogP contribution in [-0.2, 0) is 28.8 Å². The van der Waals surface area contributed by atoms with Crippen molar-refractivity contribution < 1.29 is 33.9 Å². The highest BCUT2D eigenvalue weighted by atomic mass is 16.4. The number of nitrogens with zero attached hydrogens (tertiary/aromatic N) is 1. The molecule has 0 aliphatic heterocycles. The smallest absolute Gasteiger partial charge is 0.326 e.